The highest BCUT2D eigenvalue weighted by atomic mass is 79.9. The van der Waals surface area contributed by atoms with Crippen LogP contribution in [-0.2, 0) is 10.2 Å². The van der Waals surface area contributed by atoms with Gasteiger partial charge < -0.3 is 9.15 Å². The second kappa shape index (κ2) is 9.27. The van der Waals surface area contributed by atoms with E-state index in [1.165, 1.54) is 18.0 Å². The quantitative estimate of drug-likeness (QED) is 0.362. The number of nitrogens with zero attached hydrogens (tertiary/aromatic N) is 1. The first kappa shape index (κ1) is 22.7. The minimum Gasteiger partial charge on any atom is -0.481 e. The van der Waals surface area contributed by atoms with Crippen LogP contribution < -0.4 is 10.2 Å². The van der Waals surface area contributed by atoms with Gasteiger partial charge in [0.1, 0.15) is 11.5 Å². The summed E-state index contributed by atoms with van der Waals surface area (Å²) < 4.78 is 12.4. The van der Waals surface area contributed by atoms with E-state index in [0.29, 0.717) is 11.5 Å². The average Bonchev–Trinajstić information content (AvgIpc) is 3.05. The van der Waals surface area contributed by atoms with E-state index in [1.807, 2.05) is 0 Å². The highest BCUT2D eigenvalue weighted by Crippen LogP contribution is 2.42. The van der Waals surface area contributed by atoms with Crippen molar-refractivity contribution in [3.63, 3.8) is 0 Å². The Kier molecular flexibility index (Phi) is 7.51. The third kappa shape index (κ3) is 6.78. The van der Waals surface area contributed by atoms with Gasteiger partial charge in [-0.1, -0.05) is 34.6 Å². The number of ether oxygens (including phenoxy) is 1. The fourth-order valence-corrected chi connectivity index (χ4v) is 4.63. The molecule has 28 heavy (non-hydrogen) atoms. The zero-order valence-corrected chi connectivity index (χ0v) is 20.0. The smallest absolute Gasteiger partial charge is 0.277 e. The molecule has 0 aliphatic carbocycles. The van der Waals surface area contributed by atoms with Gasteiger partial charge in [-0.25, -0.2) is 5.43 Å². The van der Waals surface area contributed by atoms with E-state index in [9.17, 15) is 4.79 Å². The lowest BCUT2D eigenvalue weighted by molar-refractivity contribution is -0.123. The molecule has 7 heteroatoms. The molecule has 0 aliphatic heterocycles. The third-order valence-electron chi connectivity index (χ3n) is 4.02. The number of hydrogen-bond acceptors (Lipinski definition) is 4. The fraction of sp³-hybridized carbons (Fsp3) is 0.429. The Labute approximate surface area is 183 Å². The Bertz CT molecular complexity index is 815. The molecular weight excluding hydrogens is 488 g/mol. The minimum absolute atomic E-state index is 0.000237. The molecule has 0 spiro atoms. The molecule has 0 fully saturated rings. The number of carbonyl (C=O) groups excluding carboxylic acids is 1. The van der Waals surface area contributed by atoms with Gasteiger partial charge in [0.25, 0.3) is 5.91 Å². The summed E-state index contributed by atoms with van der Waals surface area (Å²) in [5.74, 6) is 0.777. The zero-order chi connectivity index (χ0) is 20.9. The molecule has 0 saturated carbocycles. The van der Waals surface area contributed by atoms with E-state index < -0.39 is 0 Å². The van der Waals surface area contributed by atoms with Crippen LogP contribution in [0.25, 0.3) is 0 Å². The standard InChI is InChI=1S/C21H26Br2N2O3/c1-20(2,3)13-21(4,5)14-9-16(22)19(17(23)10-14)28-12-18(26)25-24-11-15-7-6-8-27-15/h6-11H,12-13H2,1-5H3,(H,25,26)/b24-11-. The lowest BCUT2D eigenvalue weighted by Gasteiger charge is -2.33. The summed E-state index contributed by atoms with van der Waals surface area (Å²) in [4.78, 5) is 11.9. The molecule has 0 unspecified atom stereocenters. The van der Waals surface area contributed by atoms with E-state index in [0.717, 1.165) is 15.4 Å². The van der Waals surface area contributed by atoms with Crippen molar-refractivity contribution in [1.82, 2.24) is 5.43 Å². The zero-order valence-electron chi connectivity index (χ0n) is 16.8. The molecule has 0 radical (unpaired) electrons. The largest absolute Gasteiger partial charge is 0.481 e. The van der Waals surface area contributed by atoms with Crippen molar-refractivity contribution >= 4 is 44.0 Å². The molecule has 1 aromatic heterocycles. The molecule has 1 amide bonds. The number of carbonyl (C=O) groups is 1. The van der Waals surface area contributed by atoms with Gasteiger partial charge in [-0.15, -0.1) is 0 Å². The van der Waals surface area contributed by atoms with Crippen molar-refractivity contribution in [2.45, 2.75) is 46.5 Å². The van der Waals surface area contributed by atoms with E-state index in [-0.39, 0.29) is 23.3 Å². The van der Waals surface area contributed by atoms with E-state index >= 15 is 0 Å². The molecule has 1 aromatic carbocycles. The Hall–Kier alpha value is -1.60. The van der Waals surface area contributed by atoms with Crippen LogP contribution in [0.3, 0.4) is 0 Å². The number of nitrogens with one attached hydrogen (secondary N) is 1. The highest BCUT2D eigenvalue weighted by Gasteiger charge is 2.28. The number of hydrazone groups is 1. The van der Waals surface area contributed by atoms with E-state index in [2.05, 4.69) is 89.1 Å². The molecule has 1 heterocycles. The summed E-state index contributed by atoms with van der Waals surface area (Å²) in [6.07, 6.45) is 4.00. The van der Waals surface area contributed by atoms with Crippen molar-refractivity contribution in [1.29, 1.82) is 0 Å². The number of hydrogen-bond donors (Lipinski definition) is 1. The summed E-state index contributed by atoms with van der Waals surface area (Å²) >= 11 is 7.14. The number of amides is 1. The molecule has 152 valence electrons. The topological polar surface area (TPSA) is 63.8 Å². The molecular formula is C21H26Br2N2O3. The van der Waals surface area contributed by atoms with Gasteiger partial charge >= 0.3 is 0 Å². The predicted octanol–water partition coefficient (Wildman–Crippen LogP) is 6.05. The van der Waals surface area contributed by atoms with Gasteiger partial charge in [-0.3, -0.25) is 4.79 Å². The van der Waals surface area contributed by atoms with Gasteiger partial charge in [0.2, 0.25) is 0 Å². The maximum atomic E-state index is 11.9. The van der Waals surface area contributed by atoms with E-state index in [1.54, 1.807) is 12.1 Å². The van der Waals surface area contributed by atoms with Crippen LogP contribution in [0.15, 0.2) is 49.0 Å². The summed E-state index contributed by atoms with van der Waals surface area (Å²) in [6, 6.07) is 7.59. The van der Waals surface area contributed by atoms with Gasteiger partial charge in [0.15, 0.2) is 6.61 Å². The monoisotopic (exact) mass is 512 g/mol. The van der Waals surface area contributed by atoms with Crippen LogP contribution >= 0.6 is 31.9 Å². The Morgan fingerprint density at radius 2 is 1.86 bits per heavy atom. The molecule has 0 aliphatic rings. The number of rotatable bonds is 7. The predicted molar refractivity (Wildman–Crippen MR) is 119 cm³/mol. The third-order valence-corrected chi connectivity index (χ3v) is 5.20. The van der Waals surface area contributed by atoms with Gasteiger partial charge in [-0.2, -0.15) is 5.10 Å². The normalized spacial score (nSPS) is 12.4. The second-order valence-electron chi connectivity index (χ2n) is 8.49. The van der Waals surface area contributed by atoms with Crippen LogP contribution in [-0.4, -0.2) is 18.7 Å². The molecule has 2 aromatic rings. The van der Waals surface area contributed by atoms with Crippen LogP contribution in [0.2, 0.25) is 0 Å². The fourth-order valence-electron chi connectivity index (χ4n) is 3.22. The maximum Gasteiger partial charge on any atom is 0.277 e. The average molecular weight is 514 g/mol. The number of benzene rings is 1. The minimum atomic E-state index is -0.362. The first-order valence-electron chi connectivity index (χ1n) is 8.96. The van der Waals surface area contributed by atoms with Gasteiger partial charge in [-0.05, 0) is 78.9 Å². The molecule has 2 rings (SSSR count). The van der Waals surface area contributed by atoms with Gasteiger partial charge in [0, 0.05) is 0 Å². The molecule has 1 N–H and O–H groups in total. The SMILES string of the molecule is CC(C)(C)CC(C)(C)c1cc(Br)c(OCC(=O)N/N=C\c2ccco2)c(Br)c1. The highest BCUT2D eigenvalue weighted by molar-refractivity contribution is 9.11. The van der Waals surface area contributed by atoms with Gasteiger partial charge in [0.05, 0.1) is 21.4 Å². The molecule has 0 atom stereocenters. The number of halogens is 2. The summed E-state index contributed by atoms with van der Waals surface area (Å²) in [5.41, 5.74) is 3.82. The Morgan fingerprint density at radius 3 is 2.39 bits per heavy atom. The molecule has 0 saturated heterocycles. The first-order chi connectivity index (χ1) is 13.0. The maximum absolute atomic E-state index is 11.9. The van der Waals surface area contributed by atoms with Crippen molar-refractivity contribution in [3.05, 3.63) is 50.8 Å². The second-order valence-corrected chi connectivity index (χ2v) is 10.2. The molecule has 0 bridgehead atoms. The summed E-state index contributed by atoms with van der Waals surface area (Å²) in [6.45, 7) is 11.0. The van der Waals surface area contributed by atoms with Crippen molar-refractivity contribution in [3.8, 4) is 5.75 Å². The Morgan fingerprint density at radius 1 is 1.21 bits per heavy atom. The lowest BCUT2D eigenvalue weighted by atomic mass is 9.72. The van der Waals surface area contributed by atoms with Crippen LogP contribution in [0, 0.1) is 5.41 Å². The van der Waals surface area contributed by atoms with Crippen molar-refractivity contribution < 1.29 is 13.9 Å². The van der Waals surface area contributed by atoms with Crippen LogP contribution in [0.4, 0.5) is 0 Å². The number of furan rings is 1. The van der Waals surface area contributed by atoms with Crippen molar-refractivity contribution in [2.75, 3.05) is 6.61 Å². The Balaban J connectivity index is 2.01. The van der Waals surface area contributed by atoms with Crippen LogP contribution in [0.1, 0.15) is 52.4 Å². The summed E-state index contributed by atoms with van der Waals surface area (Å²) in [5, 5.41) is 3.83. The lowest BCUT2D eigenvalue weighted by Crippen LogP contribution is -2.26. The first-order valence-corrected chi connectivity index (χ1v) is 10.5. The molecule has 5 nitrogen and oxygen atoms in total. The van der Waals surface area contributed by atoms with Crippen LogP contribution in [0.5, 0.6) is 5.75 Å². The van der Waals surface area contributed by atoms with E-state index in [4.69, 9.17) is 9.15 Å². The summed E-state index contributed by atoms with van der Waals surface area (Å²) in [7, 11) is 0. The van der Waals surface area contributed by atoms with Crippen molar-refractivity contribution in [2.24, 2.45) is 10.5 Å².